The van der Waals surface area contributed by atoms with Gasteiger partial charge in [-0.25, -0.2) is 9.59 Å². The molecule has 8 nitrogen and oxygen atoms in total. The fourth-order valence-electron chi connectivity index (χ4n) is 3.51. The summed E-state index contributed by atoms with van der Waals surface area (Å²) >= 11 is 0. The van der Waals surface area contributed by atoms with Crippen molar-refractivity contribution in [2.45, 2.75) is 63.9 Å². The molecule has 14 heteroatoms. The van der Waals surface area contributed by atoms with Crippen LogP contribution in [0.15, 0.2) is 24.4 Å². The number of hydrogen-bond donors (Lipinski definition) is 2. The largest absolute Gasteiger partial charge is 0.490 e. The summed E-state index contributed by atoms with van der Waals surface area (Å²) in [5, 5.41) is 14.2. The SMILES string of the molecule is CC(C)CN1C[C@@H](OCc2ccccn2)[C@H]2OCCC[C@H]21.O=C(O)C(F)(F)F.O=C(O)C(F)(F)F. The summed E-state index contributed by atoms with van der Waals surface area (Å²) in [6, 6.07) is 6.49. The first-order valence-electron chi connectivity index (χ1n) is 10.6. The molecule has 200 valence electrons. The average molecular weight is 518 g/mol. The zero-order chi connectivity index (χ0) is 26.8. The second kappa shape index (κ2) is 13.6. The molecule has 0 bridgehead atoms. The summed E-state index contributed by atoms with van der Waals surface area (Å²) < 4.78 is 75.6. The van der Waals surface area contributed by atoms with Gasteiger partial charge in [-0.05, 0) is 30.9 Å². The van der Waals surface area contributed by atoms with Crippen LogP contribution in [0, 0.1) is 5.92 Å². The van der Waals surface area contributed by atoms with Crippen molar-refractivity contribution in [3.05, 3.63) is 30.1 Å². The van der Waals surface area contributed by atoms with Crippen molar-refractivity contribution < 1.29 is 55.6 Å². The predicted molar refractivity (Wildman–Crippen MR) is 109 cm³/mol. The second-order valence-corrected chi connectivity index (χ2v) is 8.17. The number of carboxylic acids is 2. The van der Waals surface area contributed by atoms with Crippen molar-refractivity contribution in [3.8, 4) is 0 Å². The van der Waals surface area contributed by atoms with Crippen LogP contribution in [-0.2, 0) is 25.7 Å². The monoisotopic (exact) mass is 518 g/mol. The van der Waals surface area contributed by atoms with Gasteiger partial charge in [-0.15, -0.1) is 0 Å². The molecule has 3 heterocycles. The molecule has 2 aliphatic heterocycles. The second-order valence-electron chi connectivity index (χ2n) is 8.17. The topological polar surface area (TPSA) is 109 Å². The molecule has 35 heavy (non-hydrogen) atoms. The number of carbonyl (C=O) groups is 2. The van der Waals surface area contributed by atoms with Gasteiger partial charge in [0, 0.05) is 31.9 Å². The molecule has 1 aromatic heterocycles. The molecular formula is C21H28F6N2O6. The van der Waals surface area contributed by atoms with E-state index >= 15 is 0 Å². The van der Waals surface area contributed by atoms with Crippen LogP contribution in [0.2, 0.25) is 0 Å². The van der Waals surface area contributed by atoms with Crippen molar-refractivity contribution in [2.24, 2.45) is 5.92 Å². The number of ether oxygens (including phenoxy) is 2. The van der Waals surface area contributed by atoms with Gasteiger partial charge in [0.1, 0.15) is 6.10 Å². The quantitative estimate of drug-likeness (QED) is 0.568. The highest BCUT2D eigenvalue weighted by molar-refractivity contribution is 5.73. The Balaban J connectivity index is 0.000000362. The summed E-state index contributed by atoms with van der Waals surface area (Å²) in [4.78, 5) is 24.7. The fraction of sp³-hybridized carbons (Fsp3) is 0.667. The number of hydrogen-bond acceptors (Lipinski definition) is 6. The number of carboxylic acid groups (broad SMARTS) is 2. The van der Waals surface area contributed by atoms with Gasteiger partial charge in [0.2, 0.25) is 0 Å². The Morgan fingerprint density at radius 2 is 1.71 bits per heavy atom. The lowest BCUT2D eigenvalue weighted by Crippen LogP contribution is -2.42. The lowest BCUT2D eigenvalue weighted by atomic mass is 10.0. The predicted octanol–water partition coefficient (Wildman–Crippen LogP) is 3.75. The van der Waals surface area contributed by atoms with Crippen LogP contribution in [0.3, 0.4) is 0 Å². The number of likely N-dealkylation sites (tertiary alicyclic amines) is 1. The minimum atomic E-state index is -5.08. The van der Waals surface area contributed by atoms with E-state index in [1.54, 1.807) is 0 Å². The van der Waals surface area contributed by atoms with E-state index in [1.165, 1.54) is 12.8 Å². The molecule has 2 aliphatic rings. The Labute approximate surface area is 197 Å². The van der Waals surface area contributed by atoms with Crippen LogP contribution < -0.4 is 0 Å². The van der Waals surface area contributed by atoms with Crippen molar-refractivity contribution in [1.82, 2.24) is 9.88 Å². The maximum Gasteiger partial charge on any atom is 0.490 e. The van der Waals surface area contributed by atoms with Gasteiger partial charge in [-0.3, -0.25) is 9.88 Å². The number of alkyl halides is 6. The van der Waals surface area contributed by atoms with E-state index in [0.717, 1.165) is 25.4 Å². The van der Waals surface area contributed by atoms with E-state index in [-0.39, 0.29) is 12.2 Å². The van der Waals surface area contributed by atoms with Crippen LogP contribution in [0.25, 0.3) is 0 Å². The van der Waals surface area contributed by atoms with Crippen LogP contribution in [0.1, 0.15) is 32.4 Å². The standard InChI is InChI=1S/C17H26N2O2.2C2HF3O2/c1-13(2)10-19-11-16(17-15(19)7-5-9-20-17)21-12-14-6-3-4-8-18-14;2*3-2(4,5)1(6)7/h3-4,6,8,13,15-17H,5,7,9-12H2,1-2H3;2*(H,6,7)/t15-,16-,17+;;/m1../s1. The number of nitrogens with zero attached hydrogens (tertiary/aromatic N) is 2. The van der Waals surface area contributed by atoms with Crippen molar-refractivity contribution >= 4 is 11.9 Å². The molecule has 3 atom stereocenters. The van der Waals surface area contributed by atoms with Gasteiger partial charge < -0.3 is 19.7 Å². The molecule has 0 saturated carbocycles. The van der Waals surface area contributed by atoms with E-state index in [2.05, 4.69) is 23.7 Å². The van der Waals surface area contributed by atoms with Gasteiger partial charge in [0.25, 0.3) is 0 Å². The molecule has 0 aliphatic carbocycles. The molecule has 0 aromatic carbocycles. The molecule has 2 N–H and O–H groups in total. The van der Waals surface area contributed by atoms with Crippen molar-refractivity contribution in [3.63, 3.8) is 0 Å². The number of fused-ring (bicyclic) bond motifs is 1. The Hall–Kier alpha value is -2.45. The smallest absolute Gasteiger partial charge is 0.475 e. The third-order valence-corrected chi connectivity index (χ3v) is 4.84. The Kier molecular flexibility index (Phi) is 11.9. The lowest BCUT2D eigenvalue weighted by molar-refractivity contribution is -0.193. The number of pyridine rings is 1. The Morgan fingerprint density at radius 3 is 2.17 bits per heavy atom. The van der Waals surface area contributed by atoms with Gasteiger partial charge in [-0.2, -0.15) is 26.3 Å². The zero-order valence-corrected chi connectivity index (χ0v) is 19.1. The van der Waals surface area contributed by atoms with Gasteiger partial charge in [-0.1, -0.05) is 19.9 Å². The molecule has 0 amide bonds. The Bertz CT molecular complexity index is 767. The molecule has 1 aromatic rings. The van der Waals surface area contributed by atoms with Crippen molar-refractivity contribution in [2.75, 3.05) is 19.7 Å². The van der Waals surface area contributed by atoms with Crippen LogP contribution in [0.4, 0.5) is 26.3 Å². The first-order chi connectivity index (χ1) is 16.1. The molecule has 2 fully saturated rings. The highest BCUT2D eigenvalue weighted by Crippen LogP contribution is 2.31. The van der Waals surface area contributed by atoms with E-state index < -0.39 is 24.3 Å². The van der Waals surface area contributed by atoms with Gasteiger partial charge in [0.05, 0.1) is 18.4 Å². The third-order valence-electron chi connectivity index (χ3n) is 4.84. The number of aromatic nitrogens is 1. The molecule has 2 saturated heterocycles. The van der Waals surface area contributed by atoms with E-state index in [0.29, 0.717) is 18.6 Å². The van der Waals surface area contributed by atoms with E-state index in [1.807, 2.05) is 24.4 Å². The highest BCUT2D eigenvalue weighted by Gasteiger charge is 2.44. The van der Waals surface area contributed by atoms with Gasteiger partial charge >= 0.3 is 24.3 Å². The highest BCUT2D eigenvalue weighted by atomic mass is 19.4. The van der Waals surface area contributed by atoms with E-state index in [9.17, 15) is 26.3 Å². The fourth-order valence-corrected chi connectivity index (χ4v) is 3.51. The summed E-state index contributed by atoms with van der Waals surface area (Å²) in [5.74, 6) is -4.83. The first-order valence-corrected chi connectivity index (χ1v) is 10.6. The lowest BCUT2D eigenvalue weighted by Gasteiger charge is -2.32. The first kappa shape index (κ1) is 30.6. The molecular weight excluding hydrogens is 490 g/mol. The molecule has 0 spiro atoms. The maximum absolute atomic E-state index is 10.6. The summed E-state index contributed by atoms with van der Waals surface area (Å²) in [6.07, 6.45) is -5.53. The third kappa shape index (κ3) is 11.2. The normalized spacial score (nSPS) is 22.4. The molecule has 0 unspecified atom stereocenters. The summed E-state index contributed by atoms with van der Waals surface area (Å²) in [6.45, 7) is 8.13. The minimum absolute atomic E-state index is 0.177. The van der Waals surface area contributed by atoms with Crippen LogP contribution in [0.5, 0.6) is 0 Å². The maximum atomic E-state index is 10.6. The number of halogens is 6. The van der Waals surface area contributed by atoms with Crippen LogP contribution >= 0.6 is 0 Å². The summed E-state index contributed by atoms with van der Waals surface area (Å²) in [5.41, 5.74) is 0.993. The Morgan fingerprint density at radius 1 is 1.14 bits per heavy atom. The van der Waals surface area contributed by atoms with Gasteiger partial charge in [0.15, 0.2) is 0 Å². The zero-order valence-electron chi connectivity index (χ0n) is 19.1. The number of rotatable bonds is 5. The van der Waals surface area contributed by atoms with Crippen LogP contribution in [-0.4, -0.2) is 82.3 Å². The molecule has 0 radical (unpaired) electrons. The average Bonchev–Trinajstić information content (AvgIpc) is 3.09. The van der Waals surface area contributed by atoms with Crippen molar-refractivity contribution in [1.29, 1.82) is 0 Å². The molecule has 3 rings (SSSR count). The summed E-state index contributed by atoms with van der Waals surface area (Å²) in [7, 11) is 0. The van der Waals surface area contributed by atoms with E-state index in [4.69, 9.17) is 29.3 Å². The minimum Gasteiger partial charge on any atom is -0.475 e. The number of aliphatic carboxylic acids is 2.